The molecule has 106 valence electrons. The van der Waals surface area contributed by atoms with Crippen molar-refractivity contribution in [2.24, 2.45) is 0 Å². The number of benzene rings is 1. The molecule has 0 amide bonds. The van der Waals surface area contributed by atoms with Crippen LogP contribution in [0.2, 0.25) is 0 Å². The van der Waals surface area contributed by atoms with Crippen LogP contribution in [0.4, 0.5) is 0 Å². The van der Waals surface area contributed by atoms with Crippen LogP contribution in [0.1, 0.15) is 5.56 Å². The molecule has 0 aliphatic heterocycles. The largest absolute Gasteiger partial charge is 0.467 e. The van der Waals surface area contributed by atoms with Crippen LogP contribution in [0.25, 0.3) is 5.53 Å². The van der Waals surface area contributed by atoms with E-state index in [4.69, 9.17) is 5.53 Å². The van der Waals surface area contributed by atoms with E-state index < -0.39 is 23.7 Å². The topological polar surface area (TPSA) is 101 Å². The van der Waals surface area contributed by atoms with Crippen LogP contribution in [-0.2, 0) is 25.6 Å². The molecule has 7 nitrogen and oxygen atoms in total. The molecule has 1 rings (SSSR count). The fourth-order valence-corrected chi connectivity index (χ4v) is 1.55. The van der Waals surface area contributed by atoms with E-state index in [1.54, 1.807) is 0 Å². The van der Waals surface area contributed by atoms with Crippen LogP contribution in [-0.4, -0.2) is 42.7 Å². The number of nitrogens with one attached hydrogen (secondary N) is 1. The average Bonchev–Trinajstić information content (AvgIpc) is 2.51. The van der Waals surface area contributed by atoms with Gasteiger partial charge in [0.2, 0.25) is 6.04 Å². The lowest BCUT2D eigenvalue weighted by molar-refractivity contribution is -0.146. The van der Waals surface area contributed by atoms with Gasteiger partial charge in [-0.3, -0.25) is 5.32 Å². The Hall–Kier alpha value is -2.50. The van der Waals surface area contributed by atoms with E-state index in [9.17, 15) is 9.59 Å². The highest BCUT2D eigenvalue weighted by atomic mass is 16.5. The molecule has 0 aliphatic rings. The van der Waals surface area contributed by atoms with Gasteiger partial charge in [-0.05, 0) is 5.56 Å². The third-order valence-electron chi connectivity index (χ3n) is 2.57. The molecule has 1 aromatic rings. The molecule has 0 fully saturated rings. The smallest absolute Gasteiger partial charge is 0.419 e. The molecule has 0 saturated carbocycles. The van der Waals surface area contributed by atoms with Crippen LogP contribution >= 0.6 is 0 Å². The SMILES string of the molecule is COC(=O)C(=[N+]=[N-])C(NCc1ccccc1)C(=O)OC. The summed E-state index contributed by atoms with van der Waals surface area (Å²) in [5.74, 6) is -1.66. The van der Waals surface area contributed by atoms with Crippen molar-refractivity contribution >= 4 is 17.7 Å². The van der Waals surface area contributed by atoms with Gasteiger partial charge in [0, 0.05) is 6.54 Å². The van der Waals surface area contributed by atoms with Gasteiger partial charge in [-0.2, -0.15) is 4.79 Å². The molecule has 7 heteroatoms. The molecule has 20 heavy (non-hydrogen) atoms. The lowest BCUT2D eigenvalue weighted by Gasteiger charge is -2.11. The van der Waals surface area contributed by atoms with E-state index in [2.05, 4.69) is 19.6 Å². The zero-order valence-corrected chi connectivity index (χ0v) is 11.2. The molecule has 1 unspecified atom stereocenters. The van der Waals surface area contributed by atoms with Crippen molar-refractivity contribution in [1.29, 1.82) is 0 Å². The minimum Gasteiger partial charge on any atom is -0.467 e. The van der Waals surface area contributed by atoms with Gasteiger partial charge in [-0.15, -0.1) is 0 Å². The first-order valence-corrected chi connectivity index (χ1v) is 5.79. The molecule has 0 spiro atoms. The molecule has 0 bridgehead atoms. The Kier molecular flexibility index (Phi) is 6.09. The maximum absolute atomic E-state index is 11.7. The number of nitrogens with zero attached hydrogens (tertiary/aromatic N) is 2. The predicted octanol–water partition coefficient (Wildman–Crippen LogP) is 0.162. The van der Waals surface area contributed by atoms with E-state index in [1.807, 2.05) is 30.3 Å². The Morgan fingerprint density at radius 2 is 1.90 bits per heavy atom. The van der Waals surface area contributed by atoms with Crippen LogP contribution in [0.5, 0.6) is 0 Å². The van der Waals surface area contributed by atoms with Crippen LogP contribution in [0.15, 0.2) is 30.3 Å². The number of hydrogen-bond donors (Lipinski definition) is 1. The normalized spacial score (nSPS) is 11.1. The Labute approximate surface area is 116 Å². The number of methoxy groups -OCH3 is 2. The van der Waals surface area contributed by atoms with Gasteiger partial charge < -0.3 is 15.0 Å². The number of esters is 2. The summed E-state index contributed by atoms with van der Waals surface area (Å²) in [6, 6.07) is 8.01. The number of carbonyl (C=O) groups excluding carboxylic acids is 2. The molecule has 0 radical (unpaired) electrons. The molecular formula is C13H15N3O4. The maximum Gasteiger partial charge on any atom is 0.419 e. The zero-order valence-electron chi connectivity index (χ0n) is 11.2. The standard InChI is InChI=1S/C13H15N3O4/c1-19-12(17)10(11(16-14)13(18)20-2)15-8-9-6-4-3-5-7-9/h3-7,10,15H,8H2,1-2H3. The van der Waals surface area contributed by atoms with Gasteiger partial charge in [0.25, 0.3) is 0 Å². The van der Waals surface area contributed by atoms with Gasteiger partial charge in [-0.1, -0.05) is 30.3 Å². The number of ether oxygens (including phenoxy) is 2. The summed E-state index contributed by atoms with van der Waals surface area (Å²) in [4.78, 5) is 25.9. The molecule has 0 heterocycles. The van der Waals surface area contributed by atoms with Gasteiger partial charge >= 0.3 is 17.7 Å². The Balaban J connectivity index is 2.88. The van der Waals surface area contributed by atoms with Crippen molar-refractivity contribution in [3.63, 3.8) is 0 Å². The zero-order chi connectivity index (χ0) is 15.0. The van der Waals surface area contributed by atoms with Crippen molar-refractivity contribution in [2.45, 2.75) is 12.6 Å². The molecule has 0 saturated heterocycles. The van der Waals surface area contributed by atoms with Crippen LogP contribution < -0.4 is 5.32 Å². The quantitative estimate of drug-likeness (QED) is 0.345. The van der Waals surface area contributed by atoms with Crippen molar-refractivity contribution in [3.05, 3.63) is 41.4 Å². The van der Waals surface area contributed by atoms with Crippen molar-refractivity contribution in [3.8, 4) is 0 Å². The fraction of sp³-hybridized carbons (Fsp3) is 0.308. The first-order valence-electron chi connectivity index (χ1n) is 5.79. The van der Waals surface area contributed by atoms with E-state index in [-0.39, 0.29) is 6.54 Å². The van der Waals surface area contributed by atoms with Crippen molar-refractivity contribution in [1.82, 2.24) is 5.32 Å². The average molecular weight is 277 g/mol. The summed E-state index contributed by atoms with van der Waals surface area (Å²) in [7, 11) is 2.30. The molecule has 1 N–H and O–H groups in total. The van der Waals surface area contributed by atoms with Crippen LogP contribution in [0.3, 0.4) is 0 Å². The molecule has 0 aliphatic carbocycles. The second-order valence-corrected chi connectivity index (χ2v) is 3.80. The van der Waals surface area contributed by atoms with Gasteiger partial charge in [-0.25, -0.2) is 9.59 Å². The van der Waals surface area contributed by atoms with E-state index in [0.717, 1.165) is 12.7 Å². The Morgan fingerprint density at radius 3 is 2.40 bits per heavy atom. The third-order valence-corrected chi connectivity index (χ3v) is 2.57. The highest BCUT2D eigenvalue weighted by Gasteiger charge is 2.38. The maximum atomic E-state index is 11.7. The molecule has 1 aromatic carbocycles. The summed E-state index contributed by atoms with van der Waals surface area (Å²) in [5.41, 5.74) is 9.31. The lowest BCUT2D eigenvalue weighted by atomic mass is 10.1. The van der Waals surface area contributed by atoms with Gasteiger partial charge in [0.1, 0.15) is 0 Å². The highest BCUT2D eigenvalue weighted by molar-refractivity contribution is 6.39. The second kappa shape index (κ2) is 7.83. The predicted molar refractivity (Wildman–Crippen MR) is 69.7 cm³/mol. The molecular weight excluding hydrogens is 262 g/mol. The summed E-state index contributed by atoms with van der Waals surface area (Å²) < 4.78 is 9.03. The summed E-state index contributed by atoms with van der Waals surface area (Å²) in [6.07, 6.45) is 0. The fourth-order valence-electron chi connectivity index (χ4n) is 1.55. The highest BCUT2D eigenvalue weighted by Crippen LogP contribution is 2.00. The second-order valence-electron chi connectivity index (χ2n) is 3.80. The van der Waals surface area contributed by atoms with Crippen molar-refractivity contribution < 1.29 is 23.9 Å². The van der Waals surface area contributed by atoms with E-state index >= 15 is 0 Å². The first kappa shape index (κ1) is 15.6. The van der Waals surface area contributed by atoms with E-state index in [1.165, 1.54) is 7.11 Å². The Bertz CT molecular complexity index is 524. The summed E-state index contributed by atoms with van der Waals surface area (Å²) in [5, 5.41) is 2.79. The molecule has 1 atom stereocenters. The number of hydrogen-bond acceptors (Lipinski definition) is 5. The monoisotopic (exact) mass is 277 g/mol. The Morgan fingerprint density at radius 1 is 1.25 bits per heavy atom. The minimum absolute atomic E-state index is 0.288. The summed E-state index contributed by atoms with van der Waals surface area (Å²) >= 11 is 0. The van der Waals surface area contributed by atoms with Crippen LogP contribution in [0, 0.1) is 0 Å². The van der Waals surface area contributed by atoms with Gasteiger partial charge in [0.15, 0.2) is 0 Å². The summed E-state index contributed by atoms with van der Waals surface area (Å²) in [6.45, 7) is 0.288. The minimum atomic E-state index is -1.21. The number of carbonyl (C=O) groups is 2. The lowest BCUT2D eigenvalue weighted by Crippen LogP contribution is -2.47. The number of rotatable bonds is 6. The van der Waals surface area contributed by atoms with Gasteiger partial charge in [0.05, 0.1) is 14.2 Å². The first-order chi connectivity index (χ1) is 9.63. The molecule has 0 aromatic heterocycles. The van der Waals surface area contributed by atoms with E-state index in [0.29, 0.717) is 0 Å². The third kappa shape index (κ3) is 4.01. The van der Waals surface area contributed by atoms with Crippen molar-refractivity contribution in [2.75, 3.05) is 14.2 Å².